The van der Waals surface area contributed by atoms with Crippen molar-refractivity contribution < 1.29 is 0 Å². The van der Waals surface area contributed by atoms with Crippen molar-refractivity contribution in [2.45, 2.75) is 149 Å². The van der Waals surface area contributed by atoms with Gasteiger partial charge in [-0.15, -0.1) is 0 Å². The number of hydrogen-bond donors (Lipinski definition) is 0. The fraction of sp³-hybridized carbons (Fsp3) is 0.926. The Kier molecular flexibility index (Phi) is 17.6. The van der Waals surface area contributed by atoms with Gasteiger partial charge in [0.05, 0.1) is 0 Å². The van der Waals surface area contributed by atoms with Crippen LogP contribution in [0, 0.1) is 0 Å². The summed E-state index contributed by atoms with van der Waals surface area (Å²) in [5.74, 6) is 0. The maximum Gasteiger partial charge on any atom is 0.100 e. The van der Waals surface area contributed by atoms with E-state index in [2.05, 4.69) is 43.0 Å². The summed E-state index contributed by atoms with van der Waals surface area (Å²) in [5, 5.41) is 0. The first-order valence-electron chi connectivity index (χ1n) is 13.5. The third-order valence-corrected chi connectivity index (χ3v) is 6.62. The predicted molar refractivity (Wildman–Crippen MR) is 131 cm³/mol. The van der Waals surface area contributed by atoms with Crippen LogP contribution in [0.3, 0.4) is 0 Å². The third kappa shape index (κ3) is 13.3. The molecule has 2 heteroatoms. The van der Waals surface area contributed by atoms with Crippen molar-refractivity contribution in [1.82, 2.24) is 9.80 Å². The van der Waals surface area contributed by atoms with Crippen molar-refractivity contribution in [1.29, 1.82) is 0 Å². The highest BCUT2D eigenvalue weighted by Gasteiger charge is 2.23. The summed E-state index contributed by atoms with van der Waals surface area (Å²) < 4.78 is 0. The zero-order chi connectivity index (χ0) is 21.0. The van der Waals surface area contributed by atoms with Crippen LogP contribution in [-0.2, 0) is 0 Å². The van der Waals surface area contributed by atoms with Crippen molar-refractivity contribution in [2.24, 2.45) is 0 Å². The van der Waals surface area contributed by atoms with Gasteiger partial charge in [-0.05, 0) is 19.3 Å². The molecule has 0 bridgehead atoms. The highest BCUT2D eigenvalue weighted by atomic mass is 15.4. The van der Waals surface area contributed by atoms with E-state index >= 15 is 0 Å². The fourth-order valence-corrected chi connectivity index (χ4v) is 4.69. The summed E-state index contributed by atoms with van der Waals surface area (Å²) in [6.07, 6.45) is 32.2. The maximum absolute atomic E-state index is 2.60. The first-order valence-corrected chi connectivity index (χ1v) is 13.5. The second-order valence-corrected chi connectivity index (χ2v) is 9.32. The van der Waals surface area contributed by atoms with E-state index in [1.54, 1.807) is 0 Å². The van der Waals surface area contributed by atoms with Gasteiger partial charge in [0.1, 0.15) is 6.17 Å². The lowest BCUT2D eigenvalue weighted by Gasteiger charge is -2.32. The largest absolute Gasteiger partial charge is 0.356 e. The van der Waals surface area contributed by atoms with Crippen LogP contribution in [0.4, 0.5) is 0 Å². The average Bonchev–Trinajstić information content (AvgIpc) is 3.13. The van der Waals surface area contributed by atoms with E-state index in [0.717, 1.165) is 0 Å². The van der Waals surface area contributed by atoms with Crippen molar-refractivity contribution >= 4 is 0 Å². The van der Waals surface area contributed by atoms with Crippen LogP contribution in [0.25, 0.3) is 0 Å². The van der Waals surface area contributed by atoms with E-state index < -0.39 is 0 Å². The molecule has 1 rings (SSSR count). The monoisotopic (exact) mass is 406 g/mol. The molecule has 0 saturated carbocycles. The summed E-state index contributed by atoms with van der Waals surface area (Å²) in [5.41, 5.74) is 0. The Morgan fingerprint density at radius 1 is 0.448 bits per heavy atom. The molecule has 0 aliphatic carbocycles. The van der Waals surface area contributed by atoms with Crippen molar-refractivity contribution in [3.05, 3.63) is 12.4 Å². The molecule has 0 spiro atoms. The molecule has 0 aromatic carbocycles. The van der Waals surface area contributed by atoms with Gasteiger partial charge in [0.25, 0.3) is 0 Å². The van der Waals surface area contributed by atoms with Gasteiger partial charge >= 0.3 is 0 Å². The van der Waals surface area contributed by atoms with E-state index in [4.69, 9.17) is 0 Å². The van der Waals surface area contributed by atoms with E-state index in [0.29, 0.717) is 6.17 Å². The molecular formula is C27H54N2. The Morgan fingerprint density at radius 2 is 0.759 bits per heavy atom. The van der Waals surface area contributed by atoms with Gasteiger partial charge < -0.3 is 9.80 Å². The molecule has 0 aromatic rings. The van der Waals surface area contributed by atoms with Crippen LogP contribution >= 0.6 is 0 Å². The average molecular weight is 407 g/mol. The first kappa shape index (κ1) is 26.4. The lowest BCUT2D eigenvalue weighted by Crippen LogP contribution is -2.38. The zero-order valence-corrected chi connectivity index (χ0v) is 20.5. The highest BCUT2D eigenvalue weighted by Crippen LogP contribution is 2.21. The van der Waals surface area contributed by atoms with Crippen molar-refractivity contribution in [3.8, 4) is 0 Å². The van der Waals surface area contributed by atoms with Crippen LogP contribution in [0.15, 0.2) is 12.4 Å². The summed E-state index contributed by atoms with van der Waals surface area (Å²) in [4.78, 5) is 5.18. The van der Waals surface area contributed by atoms with Crippen LogP contribution < -0.4 is 0 Å². The fourth-order valence-electron chi connectivity index (χ4n) is 4.69. The van der Waals surface area contributed by atoms with E-state index in [1.807, 2.05) is 0 Å². The molecule has 1 atom stereocenters. The van der Waals surface area contributed by atoms with Crippen LogP contribution in [0.1, 0.15) is 143 Å². The molecule has 0 N–H and O–H groups in total. The summed E-state index contributed by atoms with van der Waals surface area (Å²) in [6, 6.07) is 0. The molecule has 0 aromatic heterocycles. The number of hydrogen-bond acceptors (Lipinski definition) is 2. The Bertz CT molecular complexity index is 366. The van der Waals surface area contributed by atoms with Crippen LogP contribution in [0.5, 0.6) is 0 Å². The second-order valence-electron chi connectivity index (χ2n) is 9.32. The quantitative estimate of drug-likeness (QED) is 0.176. The Labute approximate surface area is 184 Å². The van der Waals surface area contributed by atoms with Crippen LogP contribution in [-0.4, -0.2) is 29.1 Å². The second kappa shape index (κ2) is 19.3. The lowest BCUT2D eigenvalue weighted by atomic mass is 10.0. The minimum atomic E-state index is 0.624. The molecule has 0 radical (unpaired) electrons. The van der Waals surface area contributed by atoms with Gasteiger partial charge in [-0.25, -0.2) is 0 Å². The Morgan fingerprint density at radius 3 is 1.10 bits per heavy atom. The van der Waals surface area contributed by atoms with Gasteiger partial charge in [0.2, 0.25) is 0 Å². The topological polar surface area (TPSA) is 6.48 Å². The first-order chi connectivity index (χ1) is 14.3. The third-order valence-electron chi connectivity index (χ3n) is 6.62. The standard InChI is InChI=1S/C27H54N2/c1-4-7-9-11-12-13-14-15-16-17-18-19-20-22-24-29-26-25-28(27(29)6-3)23-21-10-8-5-2/h25-27H,4-24H2,1-3H3. The van der Waals surface area contributed by atoms with Gasteiger partial charge in [0, 0.05) is 25.5 Å². The van der Waals surface area contributed by atoms with Crippen LogP contribution in [0.2, 0.25) is 0 Å². The predicted octanol–water partition coefficient (Wildman–Crippen LogP) is 8.87. The molecular weight excluding hydrogens is 352 g/mol. The normalized spacial score (nSPS) is 16.3. The van der Waals surface area contributed by atoms with Gasteiger partial charge in [-0.3, -0.25) is 0 Å². The molecule has 0 amide bonds. The smallest absolute Gasteiger partial charge is 0.100 e. The molecule has 1 heterocycles. The summed E-state index contributed by atoms with van der Waals surface area (Å²) in [6.45, 7) is 9.43. The van der Waals surface area contributed by atoms with Gasteiger partial charge in [-0.2, -0.15) is 0 Å². The highest BCUT2D eigenvalue weighted by molar-refractivity contribution is 4.96. The molecule has 1 aliphatic heterocycles. The van der Waals surface area contributed by atoms with Gasteiger partial charge in [-0.1, -0.05) is 124 Å². The van der Waals surface area contributed by atoms with Crippen molar-refractivity contribution in [3.63, 3.8) is 0 Å². The maximum atomic E-state index is 2.60. The molecule has 2 nitrogen and oxygen atoms in total. The van der Waals surface area contributed by atoms with E-state index in [1.165, 1.54) is 135 Å². The summed E-state index contributed by atoms with van der Waals surface area (Å²) in [7, 11) is 0. The Hall–Kier alpha value is -0.660. The van der Waals surface area contributed by atoms with Crippen molar-refractivity contribution in [2.75, 3.05) is 13.1 Å². The lowest BCUT2D eigenvalue weighted by molar-refractivity contribution is 0.144. The molecule has 0 fully saturated rings. The molecule has 1 aliphatic rings. The van der Waals surface area contributed by atoms with E-state index in [9.17, 15) is 0 Å². The zero-order valence-electron chi connectivity index (χ0n) is 20.5. The minimum absolute atomic E-state index is 0.624. The minimum Gasteiger partial charge on any atom is -0.356 e. The molecule has 0 saturated heterocycles. The molecule has 1 unspecified atom stereocenters. The molecule has 29 heavy (non-hydrogen) atoms. The SMILES string of the molecule is CCCCCCCCCCCCCCCCN1C=CN(CCCCCC)C1CC. The Balaban J connectivity index is 1.91. The molecule has 172 valence electrons. The number of rotatable bonds is 21. The van der Waals surface area contributed by atoms with Gasteiger partial charge in [0.15, 0.2) is 0 Å². The number of unbranched alkanes of at least 4 members (excludes halogenated alkanes) is 16. The number of nitrogens with zero attached hydrogens (tertiary/aromatic N) is 2. The van der Waals surface area contributed by atoms with E-state index in [-0.39, 0.29) is 0 Å². The summed E-state index contributed by atoms with van der Waals surface area (Å²) >= 11 is 0.